The summed E-state index contributed by atoms with van der Waals surface area (Å²) in [6.45, 7) is 1.23. The van der Waals surface area contributed by atoms with Gasteiger partial charge in [0.1, 0.15) is 0 Å². The van der Waals surface area contributed by atoms with Gasteiger partial charge in [0.25, 0.3) is 0 Å². The molecule has 0 radical (unpaired) electrons. The lowest BCUT2D eigenvalue weighted by Gasteiger charge is -2.21. The van der Waals surface area contributed by atoms with Crippen LogP contribution in [0.15, 0.2) is 0 Å². The van der Waals surface area contributed by atoms with Gasteiger partial charge in [0.05, 0.1) is 6.61 Å². The molecule has 0 bridgehead atoms. The van der Waals surface area contributed by atoms with E-state index >= 15 is 0 Å². The molecule has 0 amide bonds. The molecule has 0 aromatic heterocycles. The first-order valence-corrected chi connectivity index (χ1v) is 3.90. The maximum absolute atomic E-state index is 12.6. The second kappa shape index (κ2) is 4.73. The lowest BCUT2D eigenvalue weighted by Crippen LogP contribution is -2.41. The largest absolute Gasteiger partial charge is 0.460 e. The van der Waals surface area contributed by atoms with Crippen LogP contribution in [0, 0.1) is 0 Å². The van der Waals surface area contributed by atoms with E-state index in [2.05, 4.69) is 9.47 Å². The molecule has 0 aliphatic rings. The number of hydrogen-bond donors (Lipinski definition) is 0. The Balaban J connectivity index is 4.43. The van der Waals surface area contributed by atoms with E-state index in [0.29, 0.717) is 6.92 Å². The van der Waals surface area contributed by atoms with E-state index < -0.39 is 24.4 Å². The summed E-state index contributed by atoms with van der Waals surface area (Å²) < 4.78 is 67.8. The molecule has 90 valence electrons. The van der Waals surface area contributed by atoms with E-state index in [1.54, 1.807) is 0 Å². The minimum Gasteiger partial charge on any atom is -0.460 e. The maximum Gasteiger partial charge on any atom is 0.456 e. The monoisotopic (exact) mass is 236 g/mol. The third-order valence-corrected chi connectivity index (χ3v) is 1.30. The first kappa shape index (κ1) is 14.1. The molecule has 0 N–H and O–H groups in total. The molecule has 0 spiro atoms. The minimum atomic E-state index is -4.96. The molecule has 15 heavy (non-hydrogen) atoms. The van der Waals surface area contributed by atoms with Gasteiger partial charge in [-0.05, 0) is 13.8 Å². The van der Waals surface area contributed by atoms with Crippen molar-refractivity contribution in [3.63, 3.8) is 0 Å². The molecule has 1 atom stereocenters. The SMILES string of the molecule is CCOC(=O)C(F)(F)OC(C)C(F)(F)F. The van der Waals surface area contributed by atoms with Crippen LogP contribution in [-0.2, 0) is 14.3 Å². The molecule has 0 fully saturated rings. The summed E-state index contributed by atoms with van der Waals surface area (Å²) in [5, 5.41) is 0. The number of carbonyl (C=O) groups is 1. The third kappa shape index (κ3) is 4.41. The van der Waals surface area contributed by atoms with Crippen molar-refractivity contribution in [2.45, 2.75) is 32.2 Å². The molecule has 0 aromatic carbocycles. The van der Waals surface area contributed by atoms with Gasteiger partial charge in [-0.25, -0.2) is 4.79 Å². The first-order valence-electron chi connectivity index (χ1n) is 3.90. The van der Waals surface area contributed by atoms with Crippen molar-refractivity contribution < 1.29 is 36.2 Å². The van der Waals surface area contributed by atoms with Crippen molar-refractivity contribution in [1.82, 2.24) is 0 Å². The Kier molecular flexibility index (Phi) is 4.44. The Morgan fingerprint density at radius 3 is 2.07 bits per heavy atom. The second-order valence-electron chi connectivity index (χ2n) is 2.54. The van der Waals surface area contributed by atoms with Crippen LogP contribution >= 0.6 is 0 Å². The second-order valence-corrected chi connectivity index (χ2v) is 2.54. The fraction of sp³-hybridized carbons (Fsp3) is 0.857. The molecule has 8 heteroatoms. The van der Waals surface area contributed by atoms with E-state index in [4.69, 9.17) is 0 Å². The van der Waals surface area contributed by atoms with E-state index in [1.807, 2.05) is 0 Å². The van der Waals surface area contributed by atoms with E-state index in [9.17, 15) is 26.7 Å². The predicted molar refractivity (Wildman–Crippen MR) is 38.2 cm³/mol. The minimum absolute atomic E-state index is 0.368. The zero-order chi connectivity index (χ0) is 12.3. The van der Waals surface area contributed by atoms with Gasteiger partial charge >= 0.3 is 18.3 Å². The summed E-state index contributed by atoms with van der Waals surface area (Å²) in [7, 11) is 0. The van der Waals surface area contributed by atoms with E-state index in [0.717, 1.165) is 0 Å². The molecule has 0 saturated heterocycles. The highest BCUT2D eigenvalue weighted by molar-refractivity contribution is 5.75. The summed E-state index contributed by atoms with van der Waals surface area (Å²) >= 11 is 0. The third-order valence-electron chi connectivity index (χ3n) is 1.30. The number of halogens is 5. The lowest BCUT2D eigenvalue weighted by molar-refractivity contribution is -0.313. The van der Waals surface area contributed by atoms with Crippen LogP contribution in [0.2, 0.25) is 0 Å². The highest BCUT2D eigenvalue weighted by Gasteiger charge is 2.50. The number of carbonyl (C=O) groups excluding carboxylic acids is 1. The topological polar surface area (TPSA) is 35.5 Å². The molecule has 1 unspecified atom stereocenters. The van der Waals surface area contributed by atoms with Crippen molar-refractivity contribution >= 4 is 5.97 Å². The average Bonchev–Trinajstić information content (AvgIpc) is 2.02. The van der Waals surface area contributed by atoms with Crippen molar-refractivity contribution in [3.8, 4) is 0 Å². The molecular weight excluding hydrogens is 227 g/mol. The molecular formula is C7H9F5O3. The van der Waals surface area contributed by atoms with Crippen LogP contribution in [0.3, 0.4) is 0 Å². The molecule has 0 aliphatic heterocycles. The van der Waals surface area contributed by atoms with Gasteiger partial charge < -0.3 is 4.74 Å². The Labute approximate surface area is 82.1 Å². The fourth-order valence-corrected chi connectivity index (χ4v) is 0.552. The zero-order valence-electron chi connectivity index (χ0n) is 7.90. The smallest absolute Gasteiger partial charge is 0.456 e. The molecule has 0 aromatic rings. The number of rotatable bonds is 4. The van der Waals surface area contributed by atoms with Gasteiger partial charge in [0.15, 0.2) is 6.10 Å². The summed E-state index contributed by atoms with van der Waals surface area (Å²) in [6, 6.07) is 0. The van der Waals surface area contributed by atoms with Crippen LogP contribution in [-0.4, -0.2) is 31.0 Å². The number of esters is 1. The Morgan fingerprint density at radius 2 is 1.73 bits per heavy atom. The Hall–Kier alpha value is -0.920. The molecule has 0 aliphatic carbocycles. The highest BCUT2D eigenvalue weighted by Crippen LogP contribution is 2.28. The molecule has 0 rings (SSSR count). The van der Waals surface area contributed by atoms with Crippen LogP contribution in [0.25, 0.3) is 0 Å². The van der Waals surface area contributed by atoms with Crippen LogP contribution in [0.5, 0.6) is 0 Å². The van der Waals surface area contributed by atoms with Crippen molar-refractivity contribution in [2.75, 3.05) is 6.61 Å². The Morgan fingerprint density at radius 1 is 1.27 bits per heavy atom. The number of hydrogen-bond acceptors (Lipinski definition) is 3. The molecule has 0 saturated carbocycles. The lowest BCUT2D eigenvalue weighted by atomic mass is 10.4. The van der Waals surface area contributed by atoms with Gasteiger partial charge in [-0.1, -0.05) is 0 Å². The van der Waals surface area contributed by atoms with Crippen molar-refractivity contribution in [2.24, 2.45) is 0 Å². The molecule has 3 nitrogen and oxygen atoms in total. The number of ether oxygens (including phenoxy) is 2. The summed E-state index contributed by atoms with van der Waals surface area (Å²) in [5.41, 5.74) is 0. The number of alkyl halides is 5. The molecule has 0 heterocycles. The highest BCUT2D eigenvalue weighted by atomic mass is 19.4. The Bertz CT molecular complexity index is 225. The van der Waals surface area contributed by atoms with Crippen LogP contribution in [0.4, 0.5) is 22.0 Å². The average molecular weight is 236 g/mol. The normalized spacial score (nSPS) is 14.9. The van der Waals surface area contributed by atoms with Gasteiger partial charge in [-0.15, -0.1) is 0 Å². The zero-order valence-corrected chi connectivity index (χ0v) is 7.90. The standard InChI is InChI=1S/C7H9F5O3/c1-3-14-5(13)7(11,12)15-4(2)6(8,9)10/h4H,3H2,1-2H3. The summed E-state index contributed by atoms with van der Waals surface area (Å²) in [6.07, 6.45) is -12.3. The van der Waals surface area contributed by atoms with Gasteiger partial charge in [-0.3, -0.25) is 4.74 Å². The van der Waals surface area contributed by atoms with Crippen molar-refractivity contribution in [1.29, 1.82) is 0 Å². The van der Waals surface area contributed by atoms with E-state index in [-0.39, 0.29) is 6.61 Å². The van der Waals surface area contributed by atoms with Crippen LogP contribution in [0.1, 0.15) is 13.8 Å². The quantitative estimate of drug-likeness (QED) is 0.554. The van der Waals surface area contributed by atoms with Crippen molar-refractivity contribution in [3.05, 3.63) is 0 Å². The fourth-order valence-electron chi connectivity index (χ4n) is 0.552. The van der Waals surface area contributed by atoms with Gasteiger partial charge in [0.2, 0.25) is 0 Å². The maximum atomic E-state index is 12.6. The van der Waals surface area contributed by atoms with Gasteiger partial charge in [-0.2, -0.15) is 22.0 Å². The van der Waals surface area contributed by atoms with E-state index in [1.165, 1.54) is 6.92 Å². The van der Waals surface area contributed by atoms with Crippen LogP contribution < -0.4 is 0 Å². The summed E-state index contributed by atoms with van der Waals surface area (Å²) in [4.78, 5) is 10.5. The predicted octanol–water partition coefficient (Wildman–Crippen LogP) is 2.11. The summed E-state index contributed by atoms with van der Waals surface area (Å²) in [5.74, 6) is -2.14. The first-order chi connectivity index (χ1) is 6.61. The van der Waals surface area contributed by atoms with Gasteiger partial charge in [0, 0.05) is 0 Å².